The summed E-state index contributed by atoms with van der Waals surface area (Å²) in [7, 11) is -0.338. The van der Waals surface area contributed by atoms with Crippen LogP contribution in [0.2, 0.25) is 0 Å². The van der Waals surface area contributed by atoms with Crippen LogP contribution in [0.3, 0.4) is 0 Å². The zero-order valence-electron chi connectivity index (χ0n) is 19.7. The van der Waals surface area contributed by atoms with Crippen LogP contribution in [0.4, 0.5) is 34.4 Å². The third-order valence-electron chi connectivity index (χ3n) is 5.73. The van der Waals surface area contributed by atoms with Gasteiger partial charge in [-0.2, -0.15) is 5.10 Å². The van der Waals surface area contributed by atoms with Crippen molar-refractivity contribution in [1.29, 1.82) is 0 Å². The van der Waals surface area contributed by atoms with E-state index >= 15 is 0 Å². The lowest BCUT2D eigenvalue weighted by molar-refractivity contribution is 0.100. The second-order valence-corrected chi connectivity index (χ2v) is 10.1. The summed E-state index contributed by atoms with van der Waals surface area (Å²) in [5, 5.41) is 10.4. The van der Waals surface area contributed by atoms with Crippen LogP contribution in [0.1, 0.15) is 10.4 Å². The number of ether oxygens (including phenoxy) is 1. The minimum atomic E-state index is -3.57. The van der Waals surface area contributed by atoms with Gasteiger partial charge in [-0.15, -0.1) is 0 Å². The highest BCUT2D eigenvalue weighted by molar-refractivity contribution is 7.92. The molecular formula is C22H28N8O4S. The molecule has 1 amide bonds. The number of aryl methyl sites for hydroxylation is 1. The number of hydrogen-bond donors (Lipinski definition) is 3. The topological polar surface area (TPSA) is 148 Å². The summed E-state index contributed by atoms with van der Waals surface area (Å²) in [6, 6.07) is 8.81. The molecule has 0 saturated carbocycles. The Morgan fingerprint density at radius 2 is 1.86 bits per heavy atom. The fourth-order valence-electron chi connectivity index (χ4n) is 3.76. The van der Waals surface area contributed by atoms with E-state index in [2.05, 4.69) is 25.6 Å². The number of hydrogen-bond acceptors (Lipinski definition) is 9. The smallest absolute Gasteiger partial charge is 0.254 e. The molecule has 1 aliphatic rings. The monoisotopic (exact) mass is 500 g/mol. The summed E-state index contributed by atoms with van der Waals surface area (Å²) in [6.07, 6.45) is 4.27. The molecule has 0 atom stereocenters. The molecule has 1 saturated heterocycles. The Labute approximate surface area is 203 Å². The molecule has 3 heterocycles. The van der Waals surface area contributed by atoms with Crippen molar-refractivity contribution in [3.63, 3.8) is 0 Å². The molecule has 13 heteroatoms. The summed E-state index contributed by atoms with van der Waals surface area (Å²) in [5.74, 6) is 0.159. The molecule has 12 nitrogen and oxygen atoms in total. The van der Waals surface area contributed by atoms with Crippen molar-refractivity contribution in [2.24, 2.45) is 12.8 Å². The Balaban J connectivity index is 1.75. The van der Waals surface area contributed by atoms with E-state index in [-0.39, 0.29) is 11.4 Å². The van der Waals surface area contributed by atoms with Crippen LogP contribution in [0, 0.1) is 0 Å². The van der Waals surface area contributed by atoms with Crippen molar-refractivity contribution in [3.8, 4) is 0 Å². The molecule has 35 heavy (non-hydrogen) atoms. The minimum absolute atomic E-state index is 0.124. The zero-order chi connectivity index (χ0) is 25.2. The fourth-order valence-corrected chi connectivity index (χ4v) is 4.26. The first-order chi connectivity index (χ1) is 16.6. The van der Waals surface area contributed by atoms with Crippen LogP contribution in [0.25, 0.3) is 0 Å². The highest BCUT2D eigenvalue weighted by Crippen LogP contribution is 2.36. The van der Waals surface area contributed by atoms with Gasteiger partial charge in [-0.05, 0) is 24.3 Å². The number of morpholine rings is 1. The van der Waals surface area contributed by atoms with Gasteiger partial charge in [0, 0.05) is 45.1 Å². The molecule has 1 aliphatic heterocycles. The summed E-state index contributed by atoms with van der Waals surface area (Å²) in [4.78, 5) is 18.8. The Bertz CT molecular complexity index is 1330. The lowest BCUT2D eigenvalue weighted by atomic mass is 10.1. The predicted molar refractivity (Wildman–Crippen MR) is 135 cm³/mol. The maximum Gasteiger partial charge on any atom is 0.254 e. The number of nitrogens with two attached hydrogens (primary N) is 1. The summed E-state index contributed by atoms with van der Waals surface area (Å²) < 4.78 is 33.1. The summed E-state index contributed by atoms with van der Waals surface area (Å²) in [5.41, 5.74) is 7.99. The molecule has 1 aromatic carbocycles. The Morgan fingerprint density at radius 3 is 2.49 bits per heavy atom. The van der Waals surface area contributed by atoms with E-state index in [9.17, 15) is 13.2 Å². The number of pyridine rings is 1. The number of aromatic nitrogens is 3. The SMILES string of the molecule is CN(c1cc(N2CCOCC2)ccc1Nc1ccnc(Nc2ccnn2C)c1C(N)=O)S(C)(=O)=O. The first kappa shape index (κ1) is 24.3. The fraction of sp³-hybridized carbons (Fsp3) is 0.318. The van der Waals surface area contributed by atoms with E-state index in [4.69, 9.17) is 10.5 Å². The number of benzene rings is 1. The van der Waals surface area contributed by atoms with E-state index in [1.54, 1.807) is 42.2 Å². The second-order valence-electron chi connectivity index (χ2n) is 8.07. The van der Waals surface area contributed by atoms with Crippen molar-refractivity contribution >= 4 is 50.3 Å². The van der Waals surface area contributed by atoms with Crippen LogP contribution in [0.5, 0.6) is 0 Å². The van der Waals surface area contributed by atoms with Crippen LogP contribution >= 0.6 is 0 Å². The maximum atomic E-state index is 12.4. The van der Waals surface area contributed by atoms with Crippen molar-refractivity contribution in [2.45, 2.75) is 0 Å². The summed E-state index contributed by atoms with van der Waals surface area (Å²) in [6.45, 7) is 2.60. The van der Waals surface area contributed by atoms with Gasteiger partial charge >= 0.3 is 0 Å². The standard InChI is InChI=1S/C22H28N8O4S/c1-28-19(7-9-25-28)27-22-20(21(23)31)17(6-8-24-22)26-16-5-4-15(30-10-12-34-13-11-30)14-18(16)29(2)35(3,32)33/h4-9,14H,10-13H2,1-3H3,(H2,23,31)(H2,24,26,27). The molecular weight excluding hydrogens is 472 g/mol. The molecule has 1 fully saturated rings. The normalized spacial score (nSPS) is 14.0. The van der Waals surface area contributed by atoms with Gasteiger partial charge in [-0.3, -0.25) is 13.8 Å². The number of anilines is 6. The van der Waals surface area contributed by atoms with Gasteiger partial charge in [-0.1, -0.05) is 0 Å². The van der Waals surface area contributed by atoms with Gasteiger partial charge in [0.05, 0.1) is 42.7 Å². The van der Waals surface area contributed by atoms with E-state index < -0.39 is 15.9 Å². The van der Waals surface area contributed by atoms with Crippen molar-refractivity contribution in [2.75, 3.05) is 59.4 Å². The number of carbonyl (C=O) groups is 1. The lowest BCUT2D eigenvalue weighted by Gasteiger charge is -2.30. The number of nitrogens with one attached hydrogen (secondary N) is 2. The lowest BCUT2D eigenvalue weighted by Crippen LogP contribution is -2.36. The molecule has 4 N–H and O–H groups in total. The van der Waals surface area contributed by atoms with E-state index in [1.165, 1.54) is 17.5 Å². The average Bonchev–Trinajstić information content (AvgIpc) is 3.23. The molecule has 186 valence electrons. The maximum absolute atomic E-state index is 12.4. The zero-order valence-corrected chi connectivity index (χ0v) is 20.5. The highest BCUT2D eigenvalue weighted by atomic mass is 32.2. The van der Waals surface area contributed by atoms with Gasteiger partial charge in [0.25, 0.3) is 5.91 Å². The second kappa shape index (κ2) is 9.80. The molecule has 0 unspecified atom stereocenters. The third kappa shape index (κ3) is 5.30. The van der Waals surface area contributed by atoms with Gasteiger partial charge in [-0.25, -0.2) is 13.4 Å². The van der Waals surface area contributed by atoms with E-state index in [0.717, 1.165) is 11.9 Å². The van der Waals surface area contributed by atoms with Crippen LogP contribution in [-0.4, -0.2) is 68.7 Å². The van der Waals surface area contributed by atoms with Crippen LogP contribution in [0.15, 0.2) is 42.7 Å². The Kier molecular flexibility index (Phi) is 6.80. The molecule has 0 radical (unpaired) electrons. The van der Waals surface area contributed by atoms with E-state index in [0.29, 0.717) is 49.2 Å². The number of primary amides is 1. The quantitative estimate of drug-likeness (QED) is 0.420. The minimum Gasteiger partial charge on any atom is -0.378 e. The number of carbonyl (C=O) groups excluding carboxylic acids is 1. The molecule has 4 rings (SSSR count). The summed E-state index contributed by atoms with van der Waals surface area (Å²) >= 11 is 0. The van der Waals surface area contributed by atoms with Gasteiger partial charge < -0.3 is 26.0 Å². The van der Waals surface area contributed by atoms with Crippen molar-refractivity contribution < 1.29 is 17.9 Å². The number of rotatable bonds is 8. The first-order valence-corrected chi connectivity index (χ1v) is 12.7. The average molecular weight is 501 g/mol. The van der Waals surface area contributed by atoms with Gasteiger partial charge in [0.2, 0.25) is 10.0 Å². The molecule has 0 aliphatic carbocycles. The largest absolute Gasteiger partial charge is 0.378 e. The van der Waals surface area contributed by atoms with Crippen molar-refractivity contribution in [3.05, 3.63) is 48.3 Å². The Morgan fingerprint density at radius 1 is 1.11 bits per heavy atom. The van der Waals surface area contributed by atoms with Gasteiger partial charge in [0.1, 0.15) is 17.2 Å². The Hall–Kier alpha value is -3.84. The first-order valence-electron chi connectivity index (χ1n) is 10.9. The third-order valence-corrected chi connectivity index (χ3v) is 6.92. The van der Waals surface area contributed by atoms with Gasteiger partial charge in [0.15, 0.2) is 0 Å². The molecule has 0 spiro atoms. The highest BCUT2D eigenvalue weighted by Gasteiger charge is 2.22. The number of amides is 1. The number of sulfonamides is 1. The van der Waals surface area contributed by atoms with Crippen molar-refractivity contribution in [1.82, 2.24) is 14.8 Å². The molecule has 3 aromatic rings. The predicted octanol–water partition coefficient (Wildman–Crippen LogP) is 1.63. The van der Waals surface area contributed by atoms with Crippen LogP contribution < -0.4 is 25.6 Å². The molecule has 0 bridgehead atoms. The molecule has 2 aromatic heterocycles. The van der Waals surface area contributed by atoms with E-state index in [1.807, 2.05) is 6.07 Å². The number of nitrogens with zero attached hydrogens (tertiary/aromatic N) is 5. The van der Waals surface area contributed by atoms with Crippen LogP contribution in [-0.2, 0) is 21.8 Å².